The second-order valence-electron chi connectivity index (χ2n) is 7.87. The summed E-state index contributed by atoms with van der Waals surface area (Å²) in [6.45, 7) is 1.43. The number of carbonyl (C=O) groups is 2. The van der Waals surface area contributed by atoms with E-state index in [2.05, 4.69) is 5.32 Å². The minimum atomic E-state index is -0.904. The summed E-state index contributed by atoms with van der Waals surface area (Å²) in [5.41, 5.74) is 0.872. The maximum Gasteiger partial charge on any atom is 0.338 e. The van der Waals surface area contributed by atoms with E-state index in [1.54, 1.807) is 43.3 Å². The maximum absolute atomic E-state index is 14.1. The third-order valence-corrected chi connectivity index (χ3v) is 5.50. The smallest absolute Gasteiger partial charge is 0.338 e. The van der Waals surface area contributed by atoms with E-state index in [1.807, 2.05) is 18.2 Å². The van der Waals surface area contributed by atoms with Gasteiger partial charge in [-0.1, -0.05) is 30.3 Å². The SMILES string of the molecule is CCOC(=O)C1=C(COc2ccc(F)cc2F)N(C)C(=O)N[C@H]1c1cccc(Oc2ccccc2)c1. The average Bonchev–Trinajstić information content (AvgIpc) is 2.86. The van der Waals surface area contributed by atoms with E-state index in [9.17, 15) is 18.4 Å². The number of halogens is 2. The van der Waals surface area contributed by atoms with E-state index in [0.29, 0.717) is 23.1 Å². The molecule has 7 nitrogen and oxygen atoms in total. The van der Waals surface area contributed by atoms with Crippen molar-refractivity contribution in [1.82, 2.24) is 10.2 Å². The number of urea groups is 1. The first-order valence-corrected chi connectivity index (χ1v) is 11.2. The molecule has 1 aliphatic heterocycles. The Balaban J connectivity index is 1.71. The van der Waals surface area contributed by atoms with Gasteiger partial charge in [0, 0.05) is 13.1 Å². The van der Waals surface area contributed by atoms with Gasteiger partial charge >= 0.3 is 12.0 Å². The predicted molar refractivity (Wildman–Crippen MR) is 128 cm³/mol. The van der Waals surface area contributed by atoms with Crippen LogP contribution in [0.3, 0.4) is 0 Å². The third kappa shape index (κ3) is 5.46. The molecule has 3 aromatic rings. The summed E-state index contributed by atoms with van der Waals surface area (Å²) in [5.74, 6) is -1.42. The number of benzene rings is 3. The molecule has 1 aliphatic rings. The number of amides is 2. The Bertz CT molecular complexity index is 1300. The van der Waals surface area contributed by atoms with Crippen molar-refractivity contribution in [2.45, 2.75) is 13.0 Å². The van der Waals surface area contributed by atoms with Crippen LogP contribution in [0.5, 0.6) is 17.2 Å². The number of hydrogen-bond donors (Lipinski definition) is 1. The molecule has 3 aromatic carbocycles. The van der Waals surface area contributed by atoms with E-state index in [0.717, 1.165) is 12.1 Å². The molecular formula is C27H24F2N2O5. The Labute approximate surface area is 206 Å². The number of carbonyl (C=O) groups excluding carboxylic acids is 2. The molecule has 2 amide bonds. The largest absolute Gasteiger partial charge is 0.484 e. The molecule has 36 heavy (non-hydrogen) atoms. The van der Waals surface area contributed by atoms with Crippen LogP contribution in [0.4, 0.5) is 13.6 Å². The number of para-hydroxylation sites is 1. The molecule has 0 radical (unpaired) electrons. The van der Waals surface area contributed by atoms with E-state index in [1.165, 1.54) is 11.9 Å². The highest BCUT2D eigenvalue weighted by Crippen LogP contribution is 2.34. The minimum Gasteiger partial charge on any atom is -0.484 e. The zero-order valence-electron chi connectivity index (χ0n) is 19.7. The molecular weight excluding hydrogens is 470 g/mol. The third-order valence-electron chi connectivity index (χ3n) is 5.50. The molecule has 0 aliphatic carbocycles. The molecule has 1 heterocycles. The van der Waals surface area contributed by atoms with Gasteiger partial charge in [0.05, 0.1) is 23.9 Å². The minimum absolute atomic E-state index is 0.102. The van der Waals surface area contributed by atoms with Crippen LogP contribution >= 0.6 is 0 Å². The number of esters is 1. The van der Waals surface area contributed by atoms with Crippen molar-refractivity contribution in [2.75, 3.05) is 20.3 Å². The second kappa shape index (κ2) is 10.9. The van der Waals surface area contributed by atoms with Gasteiger partial charge in [0.25, 0.3) is 0 Å². The van der Waals surface area contributed by atoms with Gasteiger partial charge in [-0.2, -0.15) is 0 Å². The fourth-order valence-corrected chi connectivity index (χ4v) is 3.75. The van der Waals surface area contributed by atoms with Crippen LogP contribution in [0.25, 0.3) is 0 Å². The lowest BCUT2D eigenvalue weighted by molar-refractivity contribution is -0.139. The molecule has 4 rings (SSSR count). The van der Waals surface area contributed by atoms with Gasteiger partial charge < -0.3 is 19.5 Å². The standard InChI is InChI=1S/C27H24F2N2O5/c1-3-34-26(32)24-22(16-35-23-13-12-18(28)15-21(23)29)31(2)27(33)30-25(24)17-8-7-11-20(14-17)36-19-9-5-4-6-10-19/h4-15,25H,3,16H2,1-2H3,(H,30,33)/t25-/m0/s1. The van der Waals surface area contributed by atoms with Crippen LogP contribution in [0.2, 0.25) is 0 Å². The van der Waals surface area contributed by atoms with E-state index in [4.69, 9.17) is 14.2 Å². The summed E-state index contributed by atoms with van der Waals surface area (Å²) in [7, 11) is 1.46. The van der Waals surface area contributed by atoms with Crippen LogP contribution in [0.1, 0.15) is 18.5 Å². The number of hydrogen-bond acceptors (Lipinski definition) is 5. The summed E-state index contributed by atoms with van der Waals surface area (Å²) < 4.78 is 44.1. The predicted octanol–water partition coefficient (Wildman–Crippen LogP) is 5.35. The lowest BCUT2D eigenvalue weighted by Gasteiger charge is -2.34. The van der Waals surface area contributed by atoms with Crippen LogP contribution in [-0.4, -0.2) is 37.2 Å². The molecule has 0 saturated carbocycles. The molecule has 1 atom stereocenters. The monoisotopic (exact) mass is 494 g/mol. The lowest BCUT2D eigenvalue weighted by Crippen LogP contribution is -2.48. The first-order chi connectivity index (χ1) is 17.4. The summed E-state index contributed by atoms with van der Waals surface area (Å²) in [6.07, 6.45) is 0. The first-order valence-electron chi connectivity index (χ1n) is 11.2. The highest BCUT2D eigenvalue weighted by Gasteiger charge is 2.37. The van der Waals surface area contributed by atoms with Crippen LogP contribution in [0, 0.1) is 11.6 Å². The zero-order chi connectivity index (χ0) is 25.7. The topological polar surface area (TPSA) is 77.1 Å². The Morgan fingerprint density at radius 2 is 1.75 bits per heavy atom. The van der Waals surface area contributed by atoms with Gasteiger partial charge in [0.15, 0.2) is 11.6 Å². The van der Waals surface area contributed by atoms with Crippen LogP contribution < -0.4 is 14.8 Å². The molecule has 0 saturated heterocycles. The lowest BCUT2D eigenvalue weighted by atomic mass is 9.94. The van der Waals surface area contributed by atoms with Crippen molar-refractivity contribution in [3.63, 3.8) is 0 Å². The molecule has 0 fully saturated rings. The van der Waals surface area contributed by atoms with Crippen LogP contribution in [-0.2, 0) is 9.53 Å². The van der Waals surface area contributed by atoms with Gasteiger partial charge in [-0.05, 0) is 48.9 Å². The van der Waals surface area contributed by atoms with E-state index in [-0.39, 0.29) is 30.2 Å². The van der Waals surface area contributed by atoms with Crippen molar-refractivity contribution in [3.05, 3.63) is 101 Å². The summed E-state index contributed by atoms with van der Waals surface area (Å²) in [4.78, 5) is 27.1. The highest BCUT2D eigenvalue weighted by atomic mass is 19.1. The summed E-state index contributed by atoms with van der Waals surface area (Å²) in [6, 6.07) is 17.6. The van der Waals surface area contributed by atoms with E-state index >= 15 is 0 Å². The number of nitrogens with zero attached hydrogens (tertiary/aromatic N) is 1. The number of ether oxygens (including phenoxy) is 3. The van der Waals surface area contributed by atoms with Crippen molar-refractivity contribution < 1.29 is 32.6 Å². The summed E-state index contributed by atoms with van der Waals surface area (Å²) >= 11 is 0. The Hall–Kier alpha value is -4.40. The Morgan fingerprint density at radius 1 is 1.00 bits per heavy atom. The molecule has 0 unspecified atom stereocenters. The molecule has 0 spiro atoms. The van der Waals surface area contributed by atoms with Gasteiger partial charge in [-0.3, -0.25) is 4.90 Å². The van der Waals surface area contributed by atoms with Crippen molar-refractivity contribution in [3.8, 4) is 17.2 Å². The quantitative estimate of drug-likeness (QED) is 0.427. The first kappa shape index (κ1) is 24.7. The van der Waals surface area contributed by atoms with Gasteiger partial charge in [0.2, 0.25) is 0 Å². The fourth-order valence-electron chi connectivity index (χ4n) is 3.75. The van der Waals surface area contributed by atoms with Crippen molar-refractivity contribution in [1.29, 1.82) is 0 Å². The molecule has 0 bridgehead atoms. The number of rotatable bonds is 8. The molecule has 0 aromatic heterocycles. The molecule has 1 N–H and O–H groups in total. The van der Waals surface area contributed by atoms with Gasteiger partial charge in [0.1, 0.15) is 23.9 Å². The number of likely N-dealkylation sites (N-methyl/N-ethyl adjacent to an activating group) is 1. The highest BCUT2D eigenvalue weighted by molar-refractivity contribution is 5.95. The molecule has 186 valence electrons. The fraction of sp³-hybridized carbons (Fsp3) is 0.185. The van der Waals surface area contributed by atoms with Gasteiger partial charge in [-0.15, -0.1) is 0 Å². The summed E-state index contributed by atoms with van der Waals surface area (Å²) in [5, 5.41) is 2.80. The maximum atomic E-state index is 14.1. The second-order valence-corrected chi connectivity index (χ2v) is 7.87. The van der Waals surface area contributed by atoms with Crippen LogP contribution in [0.15, 0.2) is 84.1 Å². The van der Waals surface area contributed by atoms with Crippen molar-refractivity contribution in [2.24, 2.45) is 0 Å². The zero-order valence-corrected chi connectivity index (χ0v) is 19.7. The number of nitrogens with one attached hydrogen (secondary N) is 1. The Kier molecular flexibility index (Phi) is 7.48. The van der Waals surface area contributed by atoms with Crippen molar-refractivity contribution >= 4 is 12.0 Å². The normalized spacial score (nSPS) is 15.4. The van der Waals surface area contributed by atoms with E-state index < -0.39 is 29.7 Å². The van der Waals surface area contributed by atoms with Gasteiger partial charge in [-0.25, -0.2) is 18.4 Å². The Morgan fingerprint density at radius 3 is 2.47 bits per heavy atom. The average molecular weight is 494 g/mol. The molecule has 9 heteroatoms.